The third kappa shape index (κ3) is 4.37. The summed E-state index contributed by atoms with van der Waals surface area (Å²) in [5.41, 5.74) is 1.99. The van der Waals surface area contributed by atoms with Gasteiger partial charge in [0, 0.05) is 11.3 Å². The van der Waals surface area contributed by atoms with Crippen LogP contribution in [0.2, 0.25) is 0 Å². The summed E-state index contributed by atoms with van der Waals surface area (Å²) in [7, 11) is -1.06. The van der Waals surface area contributed by atoms with Crippen molar-refractivity contribution >= 4 is 21.6 Å². The maximum atomic E-state index is 12.5. The summed E-state index contributed by atoms with van der Waals surface area (Å²) in [6.45, 7) is 4.14. The number of benzene rings is 2. The van der Waals surface area contributed by atoms with Gasteiger partial charge in [0.1, 0.15) is 10.6 Å². The monoisotopic (exact) mass is 362 g/mol. The van der Waals surface area contributed by atoms with Crippen LogP contribution < -0.4 is 14.8 Å². The first-order valence-electron chi connectivity index (χ1n) is 7.81. The molecule has 0 aromatic heterocycles. The molecule has 134 valence electrons. The van der Waals surface area contributed by atoms with Crippen molar-refractivity contribution in [3.63, 3.8) is 0 Å². The van der Waals surface area contributed by atoms with Crippen LogP contribution in [0.3, 0.4) is 0 Å². The molecule has 0 aliphatic rings. The van der Waals surface area contributed by atoms with Gasteiger partial charge in [-0.15, -0.1) is 0 Å². The summed E-state index contributed by atoms with van der Waals surface area (Å²) < 4.78 is 31.5. The summed E-state index contributed by atoms with van der Waals surface area (Å²) in [4.78, 5) is 12.4. The minimum Gasteiger partial charge on any atom is -0.495 e. The van der Waals surface area contributed by atoms with E-state index in [0.717, 1.165) is 5.56 Å². The van der Waals surface area contributed by atoms with Crippen LogP contribution in [0.25, 0.3) is 0 Å². The van der Waals surface area contributed by atoms with Crippen LogP contribution in [0.4, 0.5) is 5.69 Å². The van der Waals surface area contributed by atoms with E-state index in [1.807, 2.05) is 18.2 Å². The van der Waals surface area contributed by atoms with Crippen molar-refractivity contribution in [2.24, 2.45) is 0 Å². The second-order valence-corrected chi connectivity index (χ2v) is 7.66. The fraction of sp³-hybridized carbons (Fsp3) is 0.278. The Kier molecular flexibility index (Phi) is 5.81. The van der Waals surface area contributed by atoms with Gasteiger partial charge in [0.25, 0.3) is 5.91 Å². The Morgan fingerprint density at radius 2 is 1.84 bits per heavy atom. The molecule has 1 amide bonds. The van der Waals surface area contributed by atoms with Gasteiger partial charge in [-0.2, -0.15) is 0 Å². The number of nitrogens with one attached hydrogen (secondary N) is 2. The number of methoxy groups -OCH3 is 1. The molecule has 7 heteroatoms. The maximum absolute atomic E-state index is 12.5. The zero-order chi connectivity index (χ0) is 18.6. The zero-order valence-electron chi connectivity index (χ0n) is 14.7. The Morgan fingerprint density at radius 3 is 2.44 bits per heavy atom. The van der Waals surface area contributed by atoms with Crippen LogP contribution in [0, 0.1) is 0 Å². The fourth-order valence-corrected chi connectivity index (χ4v) is 3.23. The normalized spacial score (nSPS) is 11.4. The van der Waals surface area contributed by atoms with Gasteiger partial charge in [0.15, 0.2) is 0 Å². The van der Waals surface area contributed by atoms with Gasteiger partial charge in [0.05, 0.1) is 7.11 Å². The van der Waals surface area contributed by atoms with Gasteiger partial charge in [-0.3, -0.25) is 4.79 Å². The molecular formula is C18H22N2O4S. The molecule has 0 fully saturated rings. The van der Waals surface area contributed by atoms with Gasteiger partial charge in [-0.1, -0.05) is 26.0 Å². The third-order valence-electron chi connectivity index (χ3n) is 3.80. The molecule has 25 heavy (non-hydrogen) atoms. The lowest BCUT2D eigenvalue weighted by Gasteiger charge is -2.12. The number of carbonyl (C=O) groups excluding carboxylic acids is 1. The van der Waals surface area contributed by atoms with Crippen molar-refractivity contribution in [3.8, 4) is 5.75 Å². The summed E-state index contributed by atoms with van der Waals surface area (Å²) in [6, 6.07) is 11.8. The van der Waals surface area contributed by atoms with Crippen molar-refractivity contribution in [1.82, 2.24) is 4.72 Å². The SMILES string of the molecule is CNS(=O)(=O)c1cc(C(=O)Nc2cccc(C(C)C)c2)ccc1OC. The first-order chi connectivity index (χ1) is 11.8. The standard InChI is InChI=1S/C18H22N2O4S/c1-12(2)13-6-5-7-15(10-13)20-18(21)14-8-9-16(24-4)17(11-14)25(22,23)19-3/h5-12,19H,1-4H3,(H,20,21). The topological polar surface area (TPSA) is 84.5 Å². The van der Waals surface area contributed by atoms with Gasteiger partial charge in [-0.05, 0) is 48.9 Å². The van der Waals surface area contributed by atoms with Crippen molar-refractivity contribution in [2.45, 2.75) is 24.7 Å². The molecule has 0 heterocycles. The number of hydrogen-bond donors (Lipinski definition) is 2. The molecule has 0 atom stereocenters. The lowest BCUT2D eigenvalue weighted by molar-refractivity contribution is 0.102. The summed E-state index contributed by atoms with van der Waals surface area (Å²) in [5.74, 6) is 0.119. The molecule has 0 radical (unpaired) electrons. The summed E-state index contributed by atoms with van der Waals surface area (Å²) in [5, 5.41) is 2.79. The molecule has 0 spiro atoms. The number of rotatable bonds is 6. The molecule has 0 aliphatic carbocycles. The van der Waals surface area contributed by atoms with Crippen molar-refractivity contribution in [2.75, 3.05) is 19.5 Å². The van der Waals surface area contributed by atoms with E-state index in [1.165, 1.54) is 32.4 Å². The number of amides is 1. The Hall–Kier alpha value is -2.38. The maximum Gasteiger partial charge on any atom is 0.255 e. The lowest BCUT2D eigenvalue weighted by Crippen LogP contribution is -2.20. The molecule has 0 bridgehead atoms. The van der Waals surface area contributed by atoms with E-state index >= 15 is 0 Å². The Labute approximate surface area is 148 Å². The number of hydrogen-bond acceptors (Lipinski definition) is 4. The smallest absolute Gasteiger partial charge is 0.255 e. The predicted molar refractivity (Wildman–Crippen MR) is 97.7 cm³/mol. The van der Waals surface area contributed by atoms with E-state index in [1.54, 1.807) is 6.07 Å². The predicted octanol–water partition coefficient (Wildman–Crippen LogP) is 2.98. The lowest BCUT2D eigenvalue weighted by atomic mass is 10.0. The molecule has 2 aromatic carbocycles. The van der Waals surface area contributed by atoms with E-state index in [9.17, 15) is 13.2 Å². The minimum absolute atomic E-state index is 0.0823. The highest BCUT2D eigenvalue weighted by molar-refractivity contribution is 7.89. The molecule has 0 saturated heterocycles. The molecular weight excluding hydrogens is 340 g/mol. The third-order valence-corrected chi connectivity index (χ3v) is 5.23. The average Bonchev–Trinajstić information content (AvgIpc) is 2.61. The van der Waals surface area contributed by atoms with E-state index < -0.39 is 15.9 Å². The van der Waals surface area contributed by atoms with Crippen LogP contribution in [0.1, 0.15) is 35.7 Å². The molecule has 2 N–H and O–H groups in total. The van der Waals surface area contributed by atoms with Gasteiger partial charge < -0.3 is 10.1 Å². The first kappa shape index (κ1) is 19.0. The van der Waals surface area contributed by atoms with Crippen LogP contribution in [-0.4, -0.2) is 28.5 Å². The van der Waals surface area contributed by atoms with E-state index in [-0.39, 0.29) is 16.2 Å². The molecule has 6 nitrogen and oxygen atoms in total. The summed E-state index contributed by atoms with van der Waals surface area (Å²) in [6.07, 6.45) is 0. The van der Waals surface area contributed by atoms with Crippen LogP contribution in [0.5, 0.6) is 5.75 Å². The second kappa shape index (κ2) is 7.67. The number of anilines is 1. The quantitative estimate of drug-likeness (QED) is 0.827. The van der Waals surface area contributed by atoms with Gasteiger partial charge in [-0.25, -0.2) is 13.1 Å². The average molecular weight is 362 g/mol. The van der Waals surface area contributed by atoms with Gasteiger partial charge >= 0.3 is 0 Å². The largest absolute Gasteiger partial charge is 0.495 e. The molecule has 2 aromatic rings. The van der Waals surface area contributed by atoms with E-state index in [0.29, 0.717) is 11.6 Å². The molecule has 0 unspecified atom stereocenters. The number of carbonyl (C=O) groups is 1. The highest BCUT2D eigenvalue weighted by Gasteiger charge is 2.20. The van der Waals surface area contributed by atoms with Crippen molar-refractivity contribution in [1.29, 1.82) is 0 Å². The number of ether oxygens (including phenoxy) is 1. The summed E-state index contributed by atoms with van der Waals surface area (Å²) >= 11 is 0. The first-order valence-corrected chi connectivity index (χ1v) is 9.29. The second-order valence-electron chi connectivity index (χ2n) is 5.81. The zero-order valence-corrected chi connectivity index (χ0v) is 15.5. The van der Waals surface area contributed by atoms with E-state index in [2.05, 4.69) is 23.9 Å². The molecule has 0 saturated carbocycles. The molecule has 2 rings (SSSR count). The van der Waals surface area contributed by atoms with Crippen LogP contribution >= 0.6 is 0 Å². The van der Waals surface area contributed by atoms with Crippen LogP contribution in [-0.2, 0) is 10.0 Å². The Bertz CT molecular complexity index is 876. The van der Waals surface area contributed by atoms with E-state index in [4.69, 9.17) is 4.74 Å². The fourth-order valence-electron chi connectivity index (χ4n) is 2.32. The molecule has 0 aliphatic heterocycles. The minimum atomic E-state index is -3.74. The number of sulfonamides is 1. The van der Waals surface area contributed by atoms with Crippen molar-refractivity contribution < 1.29 is 17.9 Å². The Balaban J connectivity index is 2.34. The Morgan fingerprint density at radius 1 is 1.12 bits per heavy atom. The highest BCUT2D eigenvalue weighted by atomic mass is 32.2. The highest BCUT2D eigenvalue weighted by Crippen LogP contribution is 2.25. The van der Waals surface area contributed by atoms with Gasteiger partial charge in [0.2, 0.25) is 10.0 Å². The van der Waals surface area contributed by atoms with Crippen LogP contribution in [0.15, 0.2) is 47.4 Å². The van der Waals surface area contributed by atoms with Crippen molar-refractivity contribution in [3.05, 3.63) is 53.6 Å².